The summed E-state index contributed by atoms with van der Waals surface area (Å²) in [7, 11) is 0. The number of aromatic nitrogens is 2. The maximum atomic E-state index is 11.8. The Labute approximate surface area is 233 Å². The van der Waals surface area contributed by atoms with E-state index in [9.17, 15) is 9.59 Å². The monoisotopic (exact) mass is 520 g/mol. The van der Waals surface area contributed by atoms with E-state index < -0.39 is 17.9 Å². The summed E-state index contributed by atoms with van der Waals surface area (Å²) in [5.41, 5.74) is 6.46. The van der Waals surface area contributed by atoms with Crippen molar-refractivity contribution in [3.63, 3.8) is 0 Å². The summed E-state index contributed by atoms with van der Waals surface area (Å²) in [6.07, 6.45) is 8.26. The van der Waals surface area contributed by atoms with Crippen LogP contribution >= 0.6 is 0 Å². The lowest BCUT2D eigenvalue weighted by Gasteiger charge is -2.10. The molecule has 0 aromatic carbocycles. The number of rotatable bonds is 8. The van der Waals surface area contributed by atoms with Crippen LogP contribution in [0.1, 0.15) is 5.69 Å². The lowest BCUT2D eigenvalue weighted by Crippen LogP contribution is -2.35. The second kappa shape index (κ2) is 22.7. The van der Waals surface area contributed by atoms with Crippen LogP contribution < -0.4 is 11.1 Å². The number of aromatic amines is 1. The first-order valence-corrected chi connectivity index (χ1v) is 10.8. The molecule has 0 radical (unpaired) electrons. The van der Waals surface area contributed by atoms with Gasteiger partial charge >= 0.3 is 5.97 Å². The largest absolute Gasteiger partial charge is 0.462 e. The highest BCUT2D eigenvalue weighted by Gasteiger charge is 2.16. The molecule has 0 spiro atoms. The quantitative estimate of drug-likeness (QED) is 0.168. The van der Waals surface area contributed by atoms with E-state index in [1.165, 1.54) is 6.33 Å². The van der Waals surface area contributed by atoms with Crippen LogP contribution in [-0.2, 0) is 25.5 Å². The molecule has 40 heavy (non-hydrogen) atoms. The van der Waals surface area contributed by atoms with E-state index in [-0.39, 0.29) is 26.2 Å². The first kappa shape index (κ1) is 31.3. The lowest BCUT2D eigenvalue weighted by molar-refractivity contribution is -0.146. The summed E-state index contributed by atoms with van der Waals surface area (Å²) in [6.45, 7) is -0.310. The smallest absolute Gasteiger partial charge is 0.323 e. The molecule has 1 heterocycles. The van der Waals surface area contributed by atoms with Crippen LogP contribution in [0.5, 0.6) is 0 Å². The molecule has 1 amide bonds. The molecule has 8 heteroatoms. The van der Waals surface area contributed by atoms with E-state index in [0.29, 0.717) is 0 Å². The molecule has 1 aromatic heterocycles. The number of carbonyl (C=O) groups excluding carboxylic acids is 2. The van der Waals surface area contributed by atoms with Crippen molar-refractivity contribution in [2.75, 3.05) is 19.8 Å². The number of terminal acetylenes is 1. The fourth-order valence-electron chi connectivity index (χ4n) is 1.93. The molecule has 0 aliphatic heterocycles. The third kappa shape index (κ3) is 18.5. The second-order valence-electron chi connectivity index (χ2n) is 6.30. The van der Waals surface area contributed by atoms with E-state index in [1.54, 1.807) is 6.20 Å². The van der Waals surface area contributed by atoms with Crippen molar-refractivity contribution in [2.45, 2.75) is 12.5 Å². The molecule has 1 aromatic rings. The number of H-pyrrole nitrogens is 1. The number of ether oxygens (including phenoxy) is 2. The Morgan fingerprint density at radius 3 is 1.80 bits per heavy atom. The van der Waals surface area contributed by atoms with Crippen LogP contribution in [0.3, 0.4) is 0 Å². The highest BCUT2D eigenvalue weighted by atomic mass is 16.6. The Balaban J connectivity index is 2.21. The molecular weight excluding hydrogens is 504 g/mol. The van der Waals surface area contributed by atoms with Crippen LogP contribution in [0.2, 0.25) is 0 Å². The van der Waals surface area contributed by atoms with Crippen molar-refractivity contribution < 1.29 is 19.1 Å². The Hall–Kier alpha value is -6.77. The first-order valence-electron chi connectivity index (χ1n) is 10.8. The fraction of sp³-hybridized carbons (Fsp3) is 0.156. The number of amides is 1. The van der Waals surface area contributed by atoms with E-state index in [2.05, 4.69) is 140 Å². The SMILES string of the molecule is C#CC#CC#CC#CC#CC#CC#CC#CC#CC#CC#CNC(=O)COCCOC(=O)C(N)Cc1cnc[nH]1. The van der Waals surface area contributed by atoms with Gasteiger partial charge in [0.05, 0.1) is 12.9 Å². The molecule has 0 aliphatic carbocycles. The van der Waals surface area contributed by atoms with Crippen molar-refractivity contribution in [1.29, 1.82) is 0 Å². The number of carbonyl (C=O) groups is 2. The van der Waals surface area contributed by atoms with Crippen LogP contribution in [0.25, 0.3) is 0 Å². The van der Waals surface area contributed by atoms with Crippen LogP contribution in [-0.4, -0.2) is 47.7 Å². The van der Waals surface area contributed by atoms with Crippen LogP contribution in [0.4, 0.5) is 0 Å². The van der Waals surface area contributed by atoms with E-state index >= 15 is 0 Å². The van der Waals surface area contributed by atoms with Gasteiger partial charge in [0, 0.05) is 95.4 Å². The van der Waals surface area contributed by atoms with Crippen molar-refractivity contribution in [1.82, 2.24) is 15.3 Å². The predicted molar refractivity (Wildman–Crippen MR) is 147 cm³/mol. The summed E-state index contributed by atoms with van der Waals surface area (Å²) in [5, 5.41) is 2.28. The molecule has 0 saturated heterocycles. The van der Waals surface area contributed by atoms with Gasteiger partial charge in [-0.2, -0.15) is 0 Å². The maximum Gasteiger partial charge on any atom is 0.323 e. The number of nitrogens with one attached hydrogen (secondary N) is 2. The predicted octanol–water partition coefficient (Wildman–Crippen LogP) is -1.42. The normalized spacial score (nSPS) is 7.70. The van der Waals surface area contributed by atoms with Crippen LogP contribution in [0, 0.1) is 131 Å². The topological polar surface area (TPSA) is 119 Å². The number of nitrogens with two attached hydrogens (primary N) is 1. The number of hydrogen-bond acceptors (Lipinski definition) is 6. The summed E-state index contributed by atoms with van der Waals surface area (Å²) in [4.78, 5) is 30.1. The molecule has 0 aliphatic rings. The number of nitrogens with zero attached hydrogens (tertiary/aromatic N) is 1. The van der Waals surface area contributed by atoms with Crippen LogP contribution in [0.15, 0.2) is 12.5 Å². The van der Waals surface area contributed by atoms with Gasteiger partial charge in [0.25, 0.3) is 5.91 Å². The van der Waals surface area contributed by atoms with Gasteiger partial charge in [-0.1, -0.05) is 0 Å². The average molecular weight is 521 g/mol. The zero-order chi connectivity index (χ0) is 28.9. The number of imidazole rings is 1. The summed E-state index contributed by atoms with van der Waals surface area (Å²) < 4.78 is 10.1. The summed E-state index contributed by atoms with van der Waals surface area (Å²) in [5.74, 6) is 47.5. The Morgan fingerprint density at radius 2 is 1.32 bits per heavy atom. The fourth-order valence-corrected chi connectivity index (χ4v) is 1.93. The first-order chi connectivity index (χ1) is 19.6. The van der Waals surface area contributed by atoms with Crippen molar-refractivity contribution >= 4 is 11.9 Å². The molecule has 1 rings (SSSR count). The van der Waals surface area contributed by atoms with Gasteiger partial charge in [-0.3, -0.25) is 14.9 Å². The van der Waals surface area contributed by atoms with Gasteiger partial charge in [0.1, 0.15) is 19.3 Å². The van der Waals surface area contributed by atoms with Gasteiger partial charge in [0.15, 0.2) is 0 Å². The zero-order valence-electron chi connectivity index (χ0n) is 20.8. The zero-order valence-corrected chi connectivity index (χ0v) is 20.8. The van der Waals surface area contributed by atoms with Gasteiger partial charge in [-0.05, 0) is 47.4 Å². The van der Waals surface area contributed by atoms with Crippen molar-refractivity contribution in [2.24, 2.45) is 5.73 Å². The lowest BCUT2D eigenvalue weighted by atomic mass is 10.2. The average Bonchev–Trinajstić information content (AvgIpc) is 3.46. The van der Waals surface area contributed by atoms with Gasteiger partial charge in [0.2, 0.25) is 0 Å². The second-order valence-corrected chi connectivity index (χ2v) is 6.30. The Bertz CT molecular complexity index is 1750. The minimum Gasteiger partial charge on any atom is -0.462 e. The van der Waals surface area contributed by atoms with Crippen molar-refractivity contribution in [3.8, 4) is 131 Å². The standard InChI is InChI=1S/C32H16N4O4/c1-2-3-4-5-6-7-8-9-10-11-12-13-14-15-16-17-18-19-20-21-22-35-31(37)27-39-23-24-40-32(38)30(33)25-29-26-34-28-36-29/h1,26,28,30H,23-25,27,33H2,(H,34,36)(H,35,37). The third-order valence-corrected chi connectivity index (χ3v) is 3.46. The highest BCUT2D eigenvalue weighted by molar-refractivity contribution is 5.79. The van der Waals surface area contributed by atoms with E-state index in [0.717, 1.165) is 5.69 Å². The summed E-state index contributed by atoms with van der Waals surface area (Å²) in [6, 6.07) is 1.51. The Morgan fingerprint density at radius 1 is 0.825 bits per heavy atom. The number of hydrogen-bond donors (Lipinski definition) is 3. The van der Waals surface area contributed by atoms with E-state index in [4.69, 9.17) is 21.6 Å². The molecule has 0 saturated carbocycles. The molecule has 0 bridgehead atoms. The molecule has 1 atom stereocenters. The molecule has 8 nitrogen and oxygen atoms in total. The minimum absolute atomic E-state index is 0.0156. The molecule has 4 N–H and O–H groups in total. The Kier molecular flexibility index (Phi) is 17.7. The molecule has 1 unspecified atom stereocenters. The molecular formula is C32H16N4O4. The minimum atomic E-state index is -0.831. The maximum absolute atomic E-state index is 11.8. The molecule has 188 valence electrons. The van der Waals surface area contributed by atoms with Crippen molar-refractivity contribution in [3.05, 3.63) is 18.2 Å². The summed E-state index contributed by atoms with van der Waals surface area (Å²) >= 11 is 0. The van der Waals surface area contributed by atoms with Gasteiger partial charge < -0.3 is 20.2 Å². The number of esters is 1. The molecule has 0 fully saturated rings. The van der Waals surface area contributed by atoms with E-state index in [1.807, 2.05) is 0 Å². The van der Waals surface area contributed by atoms with Gasteiger partial charge in [-0.15, -0.1) is 6.42 Å². The third-order valence-electron chi connectivity index (χ3n) is 3.46. The van der Waals surface area contributed by atoms with Gasteiger partial charge in [-0.25, -0.2) is 4.98 Å². The highest BCUT2D eigenvalue weighted by Crippen LogP contribution is 1.98.